The quantitative estimate of drug-likeness (QED) is 0.185. The maximum absolute atomic E-state index is 12.4. The number of rotatable bonds is 15. The molecule has 4 atom stereocenters. The van der Waals surface area contributed by atoms with Gasteiger partial charge in [-0.3, -0.25) is 9.59 Å². The van der Waals surface area contributed by atoms with E-state index in [-0.39, 0.29) is 43.2 Å². The molecule has 38 heavy (non-hydrogen) atoms. The van der Waals surface area contributed by atoms with Crippen molar-refractivity contribution >= 4 is 24.2 Å². The molecule has 11 heteroatoms. The third-order valence-corrected chi connectivity index (χ3v) is 5.22. The van der Waals surface area contributed by atoms with Crippen LogP contribution in [-0.4, -0.2) is 55.2 Å². The molecular formula is C27H41NO10. The molecule has 0 saturated heterocycles. The van der Waals surface area contributed by atoms with Gasteiger partial charge in [-0.15, -0.1) is 0 Å². The van der Waals surface area contributed by atoms with Crippen LogP contribution in [-0.2, 0) is 35.0 Å². The zero-order chi connectivity index (χ0) is 28.7. The largest absolute Gasteiger partial charge is 0.514 e. The lowest BCUT2D eigenvalue weighted by Gasteiger charge is -2.18. The van der Waals surface area contributed by atoms with Crippen LogP contribution >= 0.6 is 0 Å². The van der Waals surface area contributed by atoms with Gasteiger partial charge in [0.15, 0.2) is 11.5 Å². The predicted molar refractivity (Wildman–Crippen MR) is 138 cm³/mol. The second-order valence-corrected chi connectivity index (χ2v) is 9.01. The SMILES string of the molecule is CCCC(C)OC(=O)Oc1ccc(C[C@H](N)C(=O)O[C@@H](C)COC(=O)CC)cc1OC(=O)OC(C)CCC. The Labute approximate surface area is 224 Å². The van der Waals surface area contributed by atoms with Gasteiger partial charge in [-0.05, 0) is 57.7 Å². The molecule has 0 heterocycles. The summed E-state index contributed by atoms with van der Waals surface area (Å²) >= 11 is 0. The summed E-state index contributed by atoms with van der Waals surface area (Å²) in [7, 11) is 0. The Bertz CT molecular complexity index is 919. The maximum Gasteiger partial charge on any atom is 0.514 e. The van der Waals surface area contributed by atoms with Crippen molar-refractivity contribution in [3.63, 3.8) is 0 Å². The normalized spacial score (nSPS) is 13.9. The fraction of sp³-hybridized carbons (Fsp3) is 0.630. The summed E-state index contributed by atoms with van der Waals surface area (Å²) in [4.78, 5) is 48.3. The van der Waals surface area contributed by atoms with Crippen molar-refractivity contribution in [3.05, 3.63) is 23.8 Å². The van der Waals surface area contributed by atoms with Gasteiger partial charge in [0.1, 0.15) is 31.0 Å². The van der Waals surface area contributed by atoms with Crippen LogP contribution in [0.4, 0.5) is 9.59 Å². The molecule has 0 amide bonds. The predicted octanol–water partition coefficient (Wildman–Crippen LogP) is 4.85. The van der Waals surface area contributed by atoms with Crippen molar-refractivity contribution in [2.24, 2.45) is 5.73 Å². The van der Waals surface area contributed by atoms with E-state index in [4.69, 9.17) is 34.2 Å². The highest BCUT2D eigenvalue weighted by Crippen LogP contribution is 2.30. The summed E-state index contributed by atoms with van der Waals surface area (Å²) in [5.74, 6) is -1.27. The Hall–Kier alpha value is -3.34. The highest BCUT2D eigenvalue weighted by atomic mass is 16.7. The minimum Gasteiger partial charge on any atom is -0.462 e. The van der Waals surface area contributed by atoms with Crippen molar-refractivity contribution in [1.82, 2.24) is 0 Å². The van der Waals surface area contributed by atoms with Crippen molar-refractivity contribution in [1.29, 1.82) is 0 Å². The van der Waals surface area contributed by atoms with Gasteiger partial charge in [0.05, 0.1) is 0 Å². The third kappa shape index (κ3) is 12.8. The van der Waals surface area contributed by atoms with Gasteiger partial charge in [0.25, 0.3) is 0 Å². The highest BCUT2D eigenvalue weighted by Gasteiger charge is 2.23. The molecule has 214 valence electrons. The van der Waals surface area contributed by atoms with Gasteiger partial charge in [0, 0.05) is 6.42 Å². The number of hydrogen-bond acceptors (Lipinski definition) is 11. The van der Waals surface area contributed by atoms with Crippen molar-refractivity contribution in [2.75, 3.05) is 6.61 Å². The maximum atomic E-state index is 12.4. The van der Waals surface area contributed by atoms with Gasteiger partial charge in [-0.25, -0.2) is 9.59 Å². The van der Waals surface area contributed by atoms with Gasteiger partial charge in [-0.2, -0.15) is 0 Å². The molecule has 0 aliphatic rings. The Kier molecular flexibility index (Phi) is 14.8. The van der Waals surface area contributed by atoms with E-state index in [0.29, 0.717) is 18.4 Å². The molecule has 1 aromatic rings. The van der Waals surface area contributed by atoms with Crippen LogP contribution < -0.4 is 15.2 Å². The second kappa shape index (κ2) is 17.2. The van der Waals surface area contributed by atoms with Crippen molar-refractivity contribution in [2.45, 2.75) is 104 Å². The average Bonchev–Trinajstić information content (AvgIpc) is 2.84. The molecule has 11 nitrogen and oxygen atoms in total. The Morgan fingerprint density at radius 1 is 0.789 bits per heavy atom. The molecule has 0 radical (unpaired) electrons. The van der Waals surface area contributed by atoms with Crippen LogP contribution in [0.25, 0.3) is 0 Å². The number of esters is 2. The number of carbonyl (C=O) groups excluding carboxylic acids is 4. The third-order valence-electron chi connectivity index (χ3n) is 5.22. The van der Waals surface area contributed by atoms with E-state index in [1.54, 1.807) is 33.8 Å². The van der Waals surface area contributed by atoms with E-state index in [9.17, 15) is 19.2 Å². The zero-order valence-electron chi connectivity index (χ0n) is 23.2. The van der Waals surface area contributed by atoms with Crippen LogP contribution in [0.5, 0.6) is 11.5 Å². The van der Waals surface area contributed by atoms with E-state index < -0.39 is 36.4 Å². The first-order valence-electron chi connectivity index (χ1n) is 13.0. The lowest BCUT2D eigenvalue weighted by molar-refractivity contribution is -0.158. The molecule has 2 N–H and O–H groups in total. The molecule has 0 saturated carbocycles. The van der Waals surface area contributed by atoms with Crippen LogP contribution in [0.15, 0.2) is 18.2 Å². The molecule has 1 aromatic carbocycles. The Balaban J connectivity index is 2.96. The molecule has 0 spiro atoms. The second-order valence-electron chi connectivity index (χ2n) is 9.01. The summed E-state index contributed by atoms with van der Waals surface area (Å²) in [6.07, 6.45) is -0.150. The Morgan fingerprint density at radius 3 is 1.87 bits per heavy atom. The molecule has 0 aromatic heterocycles. The monoisotopic (exact) mass is 539 g/mol. The standard InChI is InChI=1S/C27H41NO10/c1-7-10-17(4)35-26(31)37-22-13-12-20(15-23(22)38-27(32)36-18(5)11-8-2)14-21(28)25(30)34-19(6)16-33-24(29)9-3/h12-13,15,17-19,21H,7-11,14,16,28H2,1-6H3/t17?,18?,19-,21-/m0/s1. The van der Waals surface area contributed by atoms with E-state index in [0.717, 1.165) is 12.8 Å². The molecule has 2 unspecified atom stereocenters. The van der Waals surface area contributed by atoms with E-state index in [1.807, 2.05) is 13.8 Å². The zero-order valence-corrected chi connectivity index (χ0v) is 23.2. The molecule has 0 bridgehead atoms. The fourth-order valence-corrected chi connectivity index (χ4v) is 3.30. The number of hydrogen-bond donors (Lipinski definition) is 1. The molecule has 0 fully saturated rings. The molecular weight excluding hydrogens is 498 g/mol. The Morgan fingerprint density at radius 2 is 1.34 bits per heavy atom. The fourth-order valence-electron chi connectivity index (χ4n) is 3.30. The first kappa shape index (κ1) is 32.7. The number of nitrogens with two attached hydrogens (primary N) is 1. The minimum atomic E-state index is -1.06. The van der Waals surface area contributed by atoms with Crippen LogP contribution in [0.2, 0.25) is 0 Å². The number of benzene rings is 1. The molecule has 0 aliphatic heterocycles. The van der Waals surface area contributed by atoms with E-state index in [2.05, 4.69) is 0 Å². The highest BCUT2D eigenvalue weighted by molar-refractivity contribution is 5.76. The van der Waals surface area contributed by atoms with Gasteiger partial charge < -0.3 is 34.2 Å². The summed E-state index contributed by atoms with van der Waals surface area (Å²) in [6, 6.07) is 3.33. The van der Waals surface area contributed by atoms with Crippen LogP contribution in [0.3, 0.4) is 0 Å². The lowest BCUT2D eigenvalue weighted by atomic mass is 10.1. The summed E-state index contributed by atoms with van der Waals surface area (Å²) in [6.45, 7) is 10.6. The number of carbonyl (C=O) groups is 4. The van der Waals surface area contributed by atoms with E-state index >= 15 is 0 Å². The summed E-state index contributed by atoms with van der Waals surface area (Å²) < 4.78 is 31.2. The molecule has 0 aliphatic carbocycles. The smallest absolute Gasteiger partial charge is 0.462 e. The van der Waals surface area contributed by atoms with Crippen LogP contribution in [0.1, 0.15) is 79.2 Å². The van der Waals surface area contributed by atoms with Gasteiger partial charge in [0.2, 0.25) is 0 Å². The van der Waals surface area contributed by atoms with E-state index in [1.165, 1.54) is 12.1 Å². The topological polar surface area (TPSA) is 150 Å². The lowest BCUT2D eigenvalue weighted by Crippen LogP contribution is -2.37. The number of ether oxygens (including phenoxy) is 6. The summed E-state index contributed by atoms with van der Waals surface area (Å²) in [5.41, 5.74) is 6.52. The molecule has 1 rings (SSSR count). The minimum absolute atomic E-state index is 0.0240. The first-order chi connectivity index (χ1) is 18.0. The van der Waals surface area contributed by atoms with Crippen molar-refractivity contribution in [3.8, 4) is 11.5 Å². The van der Waals surface area contributed by atoms with Crippen molar-refractivity contribution < 1.29 is 47.6 Å². The van der Waals surface area contributed by atoms with Gasteiger partial charge in [-0.1, -0.05) is 39.7 Å². The first-order valence-corrected chi connectivity index (χ1v) is 13.0. The average molecular weight is 540 g/mol. The summed E-state index contributed by atoms with van der Waals surface area (Å²) in [5, 5.41) is 0. The van der Waals surface area contributed by atoms with Gasteiger partial charge >= 0.3 is 24.2 Å². The van der Waals surface area contributed by atoms with Crippen LogP contribution in [0, 0.1) is 0 Å².